The summed E-state index contributed by atoms with van der Waals surface area (Å²) in [7, 11) is -0.833. The second-order valence-corrected chi connectivity index (χ2v) is 6.54. The molecular weight excluding hydrogens is 288 g/mol. The molecule has 5 nitrogen and oxygen atoms in total. The molecule has 0 aliphatic carbocycles. The van der Waals surface area contributed by atoms with Crippen LogP contribution in [0, 0.1) is 0 Å². The first-order chi connectivity index (χ1) is 9.97. The van der Waals surface area contributed by atoms with Crippen LogP contribution in [0.5, 0.6) is 0 Å². The Kier molecular flexibility index (Phi) is 4.90. The van der Waals surface area contributed by atoms with Crippen LogP contribution in [0.2, 0.25) is 0 Å². The molecule has 2 N–H and O–H groups in total. The van der Waals surface area contributed by atoms with Crippen molar-refractivity contribution in [3.05, 3.63) is 35.9 Å². The van der Waals surface area contributed by atoms with E-state index in [2.05, 4.69) is 10.3 Å². The highest BCUT2D eigenvalue weighted by Crippen LogP contribution is 2.21. The Morgan fingerprint density at radius 1 is 1.43 bits per heavy atom. The first kappa shape index (κ1) is 15.4. The lowest BCUT2D eigenvalue weighted by atomic mass is 10.1. The van der Waals surface area contributed by atoms with E-state index in [1.54, 1.807) is 30.5 Å². The molecule has 0 spiro atoms. The minimum Gasteiger partial charge on any atom is -0.478 e. The summed E-state index contributed by atoms with van der Waals surface area (Å²) in [5, 5.41) is 13.1. The molecule has 0 aliphatic rings. The average molecular weight is 306 g/mol. The number of benzene rings is 1. The van der Waals surface area contributed by atoms with Gasteiger partial charge in [-0.1, -0.05) is 18.2 Å². The van der Waals surface area contributed by atoms with Crippen LogP contribution >= 0.6 is 0 Å². The summed E-state index contributed by atoms with van der Waals surface area (Å²) >= 11 is 0. The average Bonchev–Trinajstić information content (AvgIpc) is 2.44. The Bertz CT molecular complexity index is 688. The molecule has 2 aromatic rings. The highest BCUT2D eigenvalue weighted by Gasteiger charge is 2.12. The number of nitrogens with one attached hydrogen (secondary N) is 1. The minimum absolute atomic E-state index is 0.0733. The third kappa shape index (κ3) is 4.01. The van der Waals surface area contributed by atoms with Crippen molar-refractivity contribution in [2.45, 2.75) is 19.4 Å². The van der Waals surface area contributed by atoms with Crippen LogP contribution in [0.3, 0.4) is 0 Å². The molecule has 0 saturated carbocycles. The second kappa shape index (κ2) is 6.67. The van der Waals surface area contributed by atoms with Crippen molar-refractivity contribution >= 4 is 33.5 Å². The summed E-state index contributed by atoms with van der Waals surface area (Å²) in [5.74, 6) is 0.160. The van der Waals surface area contributed by atoms with E-state index in [1.165, 1.54) is 0 Å². The van der Waals surface area contributed by atoms with Gasteiger partial charge in [0.05, 0.1) is 11.1 Å². The van der Waals surface area contributed by atoms with Crippen LogP contribution in [0.4, 0.5) is 5.82 Å². The van der Waals surface area contributed by atoms with Crippen molar-refractivity contribution in [3.8, 4) is 0 Å². The van der Waals surface area contributed by atoms with Crippen LogP contribution in [-0.2, 0) is 10.8 Å². The smallest absolute Gasteiger partial charge is 0.336 e. The lowest BCUT2D eigenvalue weighted by molar-refractivity contribution is 0.0699. The number of carboxylic acid groups (broad SMARTS) is 1. The Balaban J connectivity index is 2.28. The third-order valence-corrected chi connectivity index (χ3v) is 3.99. The Morgan fingerprint density at radius 2 is 2.14 bits per heavy atom. The van der Waals surface area contributed by atoms with Crippen LogP contribution in [0.15, 0.2) is 30.3 Å². The summed E-state index contributed by atoms with van der Waals surface area (Å²) in [4.78, 5) is 15.8. The van der Waals surface area contributed by atoms with E-state index in [-0.39, 0.29) is 11.6 Å². The molecule has 21 heavy (non-hydrogen) atoms. The zero-order valence-electron chi connectivity index (χ0n) is 12.0. The van der Waals surface area contributed by atoms with Gasteiger partial charge in [-0.25, -0.2) is 9.78 Å². The second-order valence-electron chi connectivity index (χ2n) is 4.99. The maximum atomic E-state index is 11.4. The molecule has 1 heterocycles. The highest BCUT2D eigenvalue weighted by atomic mass is 32.2. The standard InChI is InChI=1S/C15H18N2O3S/c1-10(7-8-21(2)20)16-14-9-12(15(18)19)11-5-3-4-6-13(11)17-14/h3-6,9-10H,7-8H2,1-2H3,(H,16,17)(H,18,19). The number of aromatic carboxylic acids is 1. The van der Waals surface area contributed by atoms with Gasteiger partial charge in [0.2, 0.25) is 0 Å². The lowest BCUT2D eigenvalue weighted by Gasteiger charge is -2.15. The van der Waals surface area contributed by atoms with E-state index in [4.69, 9.17) is 0 Å². The molecule has 1 aromatic carbocycles. The number of fused-ring (bicyclic) bond motifs is 1. The number of aromatic nitrogens is 1. The molecule has 0 saturated heterocycles. The van der Waals surface area contributed by atoms with Crippen LogP contribution in [0.25, 0.3) is 10.9 Å². The van der Waals surface area contributed by atoms with E-state index >= 15 is 0 Å². The molecule has 0 fully saturated rings. The molecule has 0 radical (unpaired) electrons. The SMILES string of the molecule is CC(CCS(C)=O)Nc1cc(C(=O)O)c2ccccc2n1. The van der Waals surface area contributed by atoms with Crippen molar-refractivity contribution in [2.75, 3.05) is 17.3 Å². The third-order valence-electron chi connectivity index (χ3n) is 3.18. The number of carboxylic acids is 1. The van der Waals surface area contributed by atoms with Crippen molar-refractivity contribution in [1.82, 2.24) is 4.98 Å². The molecule has 2 atom stereocenters. The van der Waals surface area contributed by atoms with Gasteiger partial charge >= 0.3 is 5.97 Å². The predicted octanol–water partition coefficient (Wildman–Crippen LogP) is 2.50. The molecule has 1 aromatic heterocycles. The minimum atomic E-state index is -0.973. The zero-order valence-corrected chi connectivity index (χ0v) is 12.8. The van der Waals surface area contributed by atoms with Gasteiger partial charge in [-0.2, -0.15) is 0 Å². The molecule has 0 aliphatic heterocycles. The van der Waals surface area contributed by atoms with Gasteiger partial charge in [0.25, 0.3) is 0 Å². The monoisotopic (exact) mass is 306 g/mol. The van der Waals surface area contributed by atoms with Crippen molar-refractivity contribution in [1.29, 1.82) is 0 Å². The van der Waals surface area contributed by atoms with E-state index in [0.29, 0.717) is 22.5 Å². The van der Waals surface area contributed by atoms with Crippen molar-refractivity contribution < 1.29 is 14.1 Å². The van der Waals surface area contributed by atoms with Gasteiger partial charge in [-0.15, -0.1) is 0 Å². The Morgan fingerprint density at radius 3 is 2.81 bits per heavy atom. The molecule has 2 unspecified atom stereocenters. The normalized spacial score (nSPS) is 13.8. The number of hydrogen-bond acceptors (Lipinski definition) is 4. The summed E-state index contributed by atoms with van der Waals surface area (Å²) in [6.07, 6.45) is 2.41. The highest BCUT2D eigenvalue weighted by molar-refractivity contribution is 7.84. The Labute approximate surface area is 125 Å². The molecular formula is C15H18N2O3S. The number of hydrogen-bond donors (Lipinski definition) is 2. The predicted molar refractivity (Wildman–Crippen MR) is 85.3 cm³/mol. The first-order valence-electron chi connectivity index (χ1n) is 6.67. The maximum absolute atomic E-state index is 11.4. The summed E-state index contributed by atoms with van der Waals surface area (Å²) < 4.78 is 11.1. The van der Waals surface area contributed by atoms with E-state index < -0.39 is 16.8 Å². The summed E-state index contributed by atoms with van der Waals surface area (Å²) in [6, 6.07) is 8.78. The number of anilines is 1. The summed E-state index contributed by atoms with van der Waals surface area (Å²) in [5.41, 5.74) is 0.875. The van der Waals surface area contributed by atoms with Crippen molar-refractivity contribution in [2.24, 2.45) is 0 Å². The first-order valence-corrected chi connectivity index (χ1v) is 8.39. The topological polar surface area (TPSA) is 79.3 Å². The fourth-order valence-electron chi connectivity index (χ4n) is 2.09. The lowest BCUT2D eigenvalue weighted by Crippen LogP contribution is -2.19. The van der Waals surface area contributed by atoms with Gasteiger partial charge in [0.15, 0.2) is 0 Å². The van der Waals surface area contributed by atoms with E-state index in [0.717, 1.165) is 6.42 Å². The number of pyridine rings is 1. The number of para-hydroxylation sites is 1. The molecule has 0 bridgehead atoms. The molecule has 0 amide bonds. The fourth-order valence-corrected chi connectivity index (χ4v) is 2.78. The van der Waals surface area contributed by atoms with E-state index in [9.17, 15) is 14.1 Å². The van der Waals surface area contributed by atoms with Crippen LogP contribution in [-0.4, -0.2) is 38.3 Å². The van der Waals surface area contributed by atoms with Crippen molar-refractivity contribution in [3.63, 3.8) is 0 Å². The molecule has 2 rings (SSSR count). The van der Waals surface area contributed by atoms with Gasteiger partial charge in [0.1, 0.15) is 5.82 Å². The Hall–Kier alpha value is -1.95. The van der Waals surface area contributed by atoms with Crippen LogP contribution < -0.4 is 5.32 Å². The quantitative estimate of drug-likeness (QED) is 0.857. The fraction of sp³-hybridized carbons (Fsp3) is 0.333. The van der Waals surface area contributed by atoms with Gasteiger partial charge in [0, 0.05) is 34.2 Å². The van der Waals surface area contributed by atoms with Gasteiger partial charge < -0.3 is 10.4 Å². The summed E-state index contributed by atoms with van der Waals surface area (Å²) in [6.45, 7) is 1.96. The number of carbonyl (C=O) groups is 1. The van der Waals surface area contributed by atoms with Crippen LogP contribution in [0.1, 0.15) is 23.7 Å². The maximum Gasteiger partial charge on any atom is 0.336 e. The number of rotatable bonds is 6. The number of nitrogens with zero attached hydrogens (tertiary/aromatic N) is 1. The molecule has 6 heteroatoms. The molecule has 112 valence electrons. The van der Waals surface area contributed by atoms with Gasteiger partial charge in [-0.3, -0.25) is 4.21 Å². The van der Waals surface area contributed by atoms with E-state index in [1.807, 2.05) is 13.0 Å². The zero-order chi connectivity index (χ0) is 15.4. The van der Waals surface area contributed by atoms with Gasteiger partial charge in [-0.05, 0) is 25.5 Å². The largest absolute Gasteiger partial charge is 0.478 e.